The van der Waals surface area contributed by atoms with Gasteiger partial charge >= 0.3 is 5.97 Å². The van der Waals surface area contributed by atoms with Gasteiger partial charge in [0.2, 0.25) is 11.6 Å². The van der Waals surface area contributed by atoms with Crippen LogP contribution in [0.25, 0.3) is 0 Å². The molecule has 0 saturated carbocycles. The number of ether oxygens (including phenoxy) is 3. The average Bonchev–Trinajstić information content (AvgIpc) is 3.10. The molecule has 0 aromatic heterocycles. The highest BCUT2D eigenvalue weighted by atomic mass is 16.6. The van der Waals surface area contributed by atoms with Crippen LogP contribution < -0.4 is 10.6 Å². The molecular weight excluding hydrogens is 654 g/mol. The van der Waals surface area contributed by atoms with Gasteiger partial charge in [0.25, 0.3) is 11.8 Å². The smallest absolute Gasteiger partial charge is 0.303 e. The number of hydrogen-bond acceptors (Lipinski definition) is 10. The van der Waals surface area contributed by atoms with Crippen LogP contribution in [0.4, 0.5) is 0 Å². The molecule has 1 heterocycles. The Bertz CT molecular complexity index is 1680. The van der Waals surface area contributed by atoms with E-state index >= 15 is 0 Å². The zero-order valence-corrected chi connectivity index (χ0v) is 30.2. The van der Waals surface area contributed by atoms with Gasteiger partial charge in [0.15, 0.2) is 6.10 Å². The number of nitrogens with zero attached hydrogens (tertiary/aromatic N) is 1. The quantitative estimate of drug-likeness (QED) is 0.127. The Hall–Kier alpha value is -5.20. The van der Waals surface area contributed by atoms with Crippen LogP contribution in [-0.4, -0.2) is 74.2 Å². The highest BCUT2D eigenvalue weighted by Gasteiger charge is 2.34. The number of amides is 2. The summed E-state index contributed by atoms with van der Waals surface area (Å²) in [7, 11) is 3.00. The molecule has 1 aromatic rings. The predicted octanol–water partition coefficient (Wildman–Crippen LogP) is 4.86. The van der Waals surface area contributed by atoms with Crippen LogP contribution in [0.1, 0.15) is 57.8 Å². The first-order valence-corrected chi connectivity index (χ1v) is 16.6. The minimum absolute atomic E-state index is 0.0428. The summed E-state index contributed by atoms with van der Waals surface area (Å²) in [6.07, 6.45) is 7.35. The highest BCUT2D eigenvalue weighted by molar-refractivity contribution is 6.24. The van der Waals surface area contributed by atoms with Crippen molar-refractivity contribution in [1.29, 1.82) is 0 Å². The van der Waals surface area contributed by atoms with Crippen molar-refractivity contribution in [3.8, 4) is 0 Å². The number of carbonyl (C=O) groups is 5. The maximum Gasteiger partial charge on any atom is 0.303 e. The van der Waals surface area contributed by atoms with Gasteiger partial charge < -0.3 is 29.7 Å². The van der Waals surface area contributed by atoms with Crippen molar-refractivity contribution in [1.82, 2.24) is 10.6 Å². The van der Waals surface area contributed by atoms with Crippen LogP contribution >= 0.6 is 0 Å². The number of esters is 1. The van der Waals surface area contributed by atoms with Gasteiger partial charge in [0.05, 0.1) is 23.2 Å². The first kappa shape index (κ1) is 40.2. The second-order valence-corrected chi connectivity index (χ2v) is 12.4. The van der Waals surface area contributed by atoms with Crippen molar-refractivity contribution in [2.45, 2.75) is 65.8 Å². The van der Waals surface area contributed by atoms with Crippen LogP contribution in [-0.2, 0) is 38.2 Å². The van der Waals surface area contributed by atoms with Gasteiger partial charge in [-0.05, 0) is 50.3 Å². The van der Waals surface area contributed by atoms with Gasteiger partial charge in [-0.2, -0.15) is 0 Å². The molecule has 2 amide bonds. The summed E-state index contributed by atoms with van der Waals surface area (Å²) < 4.78 is 17.3. The Morgan fingerprint density at radius 2 is 1.78 bits per heavy atom. The minimum Gasteiger partial charge on any atom is -0.455 e. The third kappa shape index (κ3) is 11.1. The summed E-state index contributed by atoms with van der Waals surface area (Å²) in [5.41, 5.74) is 1.36. The molecule has 0 radical (unpaired) electrons. The minimum atomic E-state index is -0.824. The topological polar surface area (TPSA) is 159 Å². The molecule has 3 rings (SSSR count). The number of benzene rings is 1. The fourth-order valence-corrected chi connectivity index (χ4v) is 5.71. The number of methoxy groups -OCH3 is 2. The Balaban J connectivity index is 2.18. The number of carbonyl (C=O) groups excluding carboxylic acids is 5. The molecule has 12 heteroatoms. The number of fused-ring (bicyclic) bond motifs is 2. The molecular formula is C39H47N3O9. The highest BCUT2D eigenvalue weighted by Crippen LogP contribution is 2.28. The third-order valence-electron chi connectivity index (χ3n) is 8.31. The number of hydrogen-bond donors (Lipinski definition) is 2. The molecule has 2 aliphatic rings. The van der Waals surface area contributed by atoms with E-state index in [4.69, 9.17) is 19.0 Å². The maximum absolute atomic E-state index is 14.0. The second-order valence-electron chi connectivity index (χ2n) is 12.4. The van der Waals surface area contributed by atoms with Crippen molar-refractivity contribution in [3.05, 3.63) is 107 Å². The number of ketones is 2. The number of Topliss-reactive ketones (excluding diaryl/α,β-unsaturated/α-hetero) is 1. The standard InChI is InChI=1S/C39H47N3O9/c1-9-18-50-42-34-25(4)21-26(5)37(51-27(6)43)32(48-7)17-13-14-24(3)38(46)40-30-22-31(44)35(41-39(47)28-15-11-10-12-16-28)29(36(30)45)19-23(2)20-33(34)49-8/h9-17,21-23,25,32-33,37H,1,18-20H2,2-8H3,(H,40,46)(H,41,47)/b17-13-,24-14+,26-21+,42-34+/t23-,25+,32+,33+,37+/m1/s1. The molecule has 1 aliphatic heterocycles. The van der Waals surface area contributed by atoms with Gasteiger partial charge in [-0.15, -0.1) is 0 Å². The van der Waals surface area contributed by atoms with E-state index in [2.05, 4.69) is 22.4 Å². The molecule has 272 valence electrons. The lowest BCUT2D eigenvalue weighted by Crippen LogP contribution is -2.38. The van der Waals surface area contributed by atoms with Crippen LogP contribution in [0, 0.1) is 11.8 Å². The van der Waals surface area contributed by atoms with E-state index in [-0.39, 0.29) is 41.5 Å². The van der Waals surface area contributed by atoms with Gasteiger partial charge in [-0.3, -0.25) is 24.0 Å². The van der Waals surface area contributed by atoms with Crippen molar-refractivity contribution in [2.24, 2.45) is 17.0 Å². The van der Waals surface area contributed by atoms with Crippen molar-refractivity contribution < 1.29 is 43.0 Å². The first-order valence-electron chi connectivity index (χ1n) is 16.6. The fourth-order valence-electron chi connectivity index (χ4n) is 5.71. The van der Waals surface area contributed by atoms with E-state index in [9.17, 15) is 24.0 Å². The summed E-state index contributed by atoms with van der Waals surface area (Å²) in [4.78, 5) is 71.6. The Kier molecular flexibility index (Phi) is 15.2. The van der Waals surface area contributed by atoms with E-state index in [1.54, 1.807) is 55.5 Å². The molecule has 5 atom stereocenters. The van der Waals surface area contributed by atoms with Crippen LogP contribution in [0.5, 0.6) is 0 Å². The molecule has 51 heavy (non-hydrogen) atoms. The molecule has 12 nitrogen and oxygen atoms in total. The lowest BCUT2D eigenvalue weighted by Gasteiger charge is -2.27. The Morgan fingerprint density at radius 1 is 1.08 bits per heavy atom. The Morgan fingerprint density at radius 3 is 2.41 bits per heavy atom. The zero-order chi connectivity index (χ0) is 37.7. The number of oxime groups is 1. The monoisotopic (exact) mass is 701 g/mol. The third-order valence-corrected chi connectivity index (χ3v) is 8.31. The molecule has 0 unspecified atom stereocenters. The summed E-state index contributed by atoms with van der Waals surface area (Å²) in [6.45, 7) is 12.2. The number of rotatable bonds is 8. The SMILES string of the molecule is C=CCO/N=C1/[C@@H](OC)C[C@H](C)CC2=C(NC(=O)c3ccccc3)C(=O)C=C(NC(=O)/C(C)=C/C=C\[C@H](OC)[C@@H](OC(C)=O)/C(C)=C/[C@@H]1C)C2=O. The normalized spacial score (nSPS) is 27.3. The van der Waals surface area contributed by atoms with Crippen molar-refractivity contribution in [2.75, 3.05) is 20.8 Å². The summed E-state index contributed by atoms with van der Waals surface area (Å²) in [6, 6.07) is 8.31. The van der Waals surface area contributed by atoms with Gasteiger partial charge in [0.1, 0.15) is 12.7 Å². The van der Waals surface area contributed by atoms with Gasteiger partial charge in [0, 0.05) is 49.8 Å². The van der Waals surface area contributed by atoms with Crippen LogP contribution in [0.15, 0.2) is 107 Å². The van der Waals surface area contributed by atoms with E-state index in [1.807, 2.05) is 26.8 Å². The lowest BCUT2D eigenvalue weighted by molar-refractivity contribution is -0.149. The van der Waals surface area contributed by atoms with Crippen molar-refractivity contribution in [3.63, 3.8) is 0 Å². The average molecular weight is 702 g/mol. The van der Waals surface area contributed by atoms with E-state index in [1.165, 1.54) is 27.2 Å². The molecule has 2 N–H and O–H groups in total. The largest absolute Gasteiger partial charge is 0.455 e. The molecule has 0 fully saturated rings. The Labute approximate surface area is 299 Å². The van der Waals surface area contributed by atoms with Crippen molar-refractivity contribution >= 4 is 35.1 Å². The summed E-state index contributed by atoms with van der Waals surface area (Å²) >= 11 is 0. The van der Waals surface area contributed by atoms with Crippen LogP contribution in [0.3, 0.4) is 0 Å². The summed E-state index contributed by atoms with van der Waals surface area (Å²) in [5, 5.41) is 9.62. The number of allylic oxidation sites excluding steroid dienone is 5. The lowest BCUT2D eigenvalue weighted by atomic mass is 9.85. The first-order chi connectivity index (χ1) is 24.3. The maximum atomic E-state index is 14.0. The fraction of sp³-hybridized carbons (Fsp3) is 0.385. The molecule has 0 saturated heterocycles. The molecule has 0 spiro atoms. The van der Waals surface area contributed by atoms with Gasteiger partial charge in [-0.1, -0.05) is 74.2 Å². The predicted molar refractivity (Wildman–Crippen MR) is 192 cm³/mol. The summed E-state index contributed by atoms with van der Waals surface area (Å²) in [5.74, 6) is -3.65. The van der Waals surface area contributed by atoms with E-state index in [0.29, 0.717) is 23.3 Å². The van der Waals surface area contributed by atoms with Gasteiger partial charge in [-0.25, -0.2) is 0 Å². The van der Waals surface area contributed by atoms with Crippen LogP contribution in [0.2, 0.25) is 0 Å². The molecule has 1 aromatic carbocycles. The second kappa shape index (κ2) is 19.3. The van der Waals surface area contributed by atoms with E-state index < -0.39 is 53.6 Å². The molecule has 2 bridgehead atoms. The van der Waals surface area contributed by atoms with E-state index in [0.717, 1.165) is 6.08 Å². The number of nitrogens with one attached hydrogen (secondary N) is 2. The zero-order valence-electron chi connectivity index (χ0n) is 30.2. The molecule has 1 aliphatic carbocycles.